The zero-order valence-corrected chi connectivity index (χ0v) is 18.0. The van der Waals surface area contributed by atoms with Crippen LogP contribution in [0.25, 0.3) is 0 Å². The normalized spacial score (nSPS) is 24.9. The van der Waals surface area contributed by atoms with Crippen molar-refractivity contribution in [2.75, 3.05) is 45.9 Å². The van der Waals surface area contributed by atoms with E-state index in [9.17, 15) is 9.59 Å². The number of rotatable bonds is 7. The van der Waals surface area contributed by atoms with E-state index in [2.05, 4.69) is 9.80 Å². The Labute approximate surface area is 180 Å². The van der Waals surface area contributed by atoms with Gasteiger partial charge in [-0.2, -0.15) is 0 Å². The molecular weight excluding hydrogens is 378 g/mol. The fourth-order valence-electron chi connectivity index (χ4n) is 5.15. The minimum Gasteiger partial charge on any atom is -0.493 e. The molecule has 1 aromatic rings. The zero-order valence-electron chi connectivity index (χ0n) is 18.0. The van der Waals surface area contributed by atoms with Gasteiger partial charge in [-0.15, -0.1) is 0 Å². The Kier molecular flexibility index (Phi) is 7.26. The Bertz CT molecular complexity index is 705. The summed E-state index contributed by atoms with van der Waals surface area (Å²) in [7, 11) is 0. The molecule has 3 aliphatic heterocycles. The largest absolute Gasteiger partial charge is 0.493 e. The number of para-hydroxylation sites is 1. The molecule has 0 N–H and O–H groups in total. The fraction of sp³-hybridized carbons (Fsp3) is 0.667. The van der Waals surface area contributed by atoms with Crippen LogP contribution in [0.5, 0.6) is 5.75 Å². The first-order chi connectivity index (χ1) is 14.7. The summed E-state index contributed by atoms with van der Waals surface area (Å²) in [6, 6.07) is 9.95. The van der Waals surface area contributed by atoms with Crippen LogP contribution in [-0.4, -0.2) is 78.4 Å². The Morgan fingerprint density at radius 1 is 0.933 bits per heavy atom. The molecule has 0 aliphatic carbocycles. The smallest absolute Gasteiger partial charge is 0.227 e. The van der Waals surface area contributed by atoms with Gasteiger partial charge in [0.25, 0.3) is 0 Å². The lowest BCUT2D eigenvalue weighted by Gasteiger charge is -2.36. The average molecular weight is 414 g/mol. The van der Waals surface area contributed by atoms with Crippen molar-refractivity contribution in [3.8, 4) is 5.75 Å². The standard InChI is InChI=1S/C24H35N3O3/c28-23(12-17-30-22-10-2-1-3-11-22)26-15-6-8-20(18-26)24(29)27-16-7-9-21(27)19-25-13-4-5-14-25/h1-3,10-11,20-21H,4-9,12-19H2. The van der Waals surface area contributed by atoms with Gasteiger partial charge in [-0.1, -0.05) is 18.2 Å². The van der Waals surface area contributed by atoms with Gasteiger partial charge in [0.2, 0.25) is 11.8 Å². The van der Waals surface area contributed by atoms with E-state index >= 15 is 0 Å². The van der Waals surface area contributed by atoms with Crippen LogP contribution in [-0.2, 0) is 9.59 Å². The number of carbonyl (C=O) groups is 2. The highest BCUT2D eigenvalue weighted by atomic mass is 16.5. The highest BCUT2D eigenvalue weighted by molar-refractivity contribution is 5.82. The molecule has 164 valence electrons. The number of carbonyl (C=O) groups excluding carboxylic acids is 2. The van der Waals surface area contributed by atoms with E-state index in [1.54, 1.807) is 0 Å². The number of hydrogen-bond donors (Lipinski definition) is 0. The summed E-state index contributed by atoms with van der Waals surface area (Å²) < 4.78 is 5.67. The lowest BCUT2D eigenvalue weighted by atomic mass is 9.96. The molecule has 3 heterocycles. The molecule has 0 spiro atoms. The van der Waals surface area contributed by atoms with Crippen molar-refractivity contribution in [1.82, 2.24) is 14.7 Å². The monoisotopic (exact) mass is 413 g/mol. The predicted octanol–water partition coefficient (Wildman–Crippen LogP) is 2.78. The molecule has 3 aliphatic rings. The summed E-state index contributed by atoms with van der Waals surface area (Å²) in [6.07, 6.45) is 6.97. The SMILES string of the molecule is O=C(CCOc1ccccc1)N1CCCC(C(=O)N2CCCC2CN2CCCC2)C1. The lowest BCUT2D eigenvalue weighted by Crippen LogP contribution is -2.50. The van der Waals surface area contributed by atoms with E-state index in [0.29, 0.717) is 25.6 Å². The van der Waals surface area contributed by atoms with Crippen LogP contribution in [0.1, 0.15) is 44.9 Å². The number of benzene rings is 1. The fourth-order valence-corrected chi connectivity index (χ4v) is 5.15. The minimum atomic E-state index is -0.0445. The second kappa shape index (κ2) is 10.3. The quantitative estimate of drug-likeness (QED) is 0.690. The number of piperidine rings is 1. The van der Waals surface area contributed by atoms with Gasteiger partial charge in [0.15, 0.2) is 0 Å². The van der Waals surface area contributed by atoms with E-state index < -0.39 is 0 Å². The molecule has 4 rings (SSSR count). The number of ether oxygens (including phenoxy) is 1. The molecule has 3 saturated heterocycles. The van der Waals surface area contributed by atoms with Crippen molar-refractivity contribution < 1.29 is 14.3 Å². The van der Waals surface area contributed by atoms with Crippen molar-refractivity contribution in [3.63, 3.8) is 0 Å². The second-order valence-electron chi connectivity index (χ2n) is 8.93. The van der Waals surface area contributed by atoms with Crippen molar-refractivity contribution in [2.24, 2.45) is 5.92 Å². The van der Waals surface area contributed by atoms with Crippen LogP contribution in [0, 0.1) is 5.92 Å². The van der Waals surface area contributed by atoms with Crippen LogP contribution in [0.2, 0.25) is 0 Å². The van der Waals surface area contributed by atoms with E-state index in [0.717, 1.165) is 51.1 Å². The van der Waals surface area contributed by atoms with Crippen LogP contribution in [0.4, 0.5) is 0 Å². The maximum absolute atomic E-state index is 13.3. The Morgan fingerprint density at radius 2 is 1.70 bits per heavy atom. The third kappa shape index (κ3) is 5.34. The zero-order chi connectivity index (χ0) is 20.8. The third-order valence-corrected chi connectivity index (χ3v) is 6.78. The van der Waals surface area contributed by atoms with Crippen molar-refractivity contribution >= 4 is 11.8 Å². The van der Waals surface area contributed by atoms with Gasteiger partial charge in [0, 0.05) is 32.2 Å². The van der Waals surface area contributed by atoms with Crippen LogP contribution < -0.4 is 4.74 Å². The first-order valence-corrected chi connectivity index (χ1v) is 11.7. The Balaban J connectivity index is 1.26. The van der Waals surface area contributed by atoms with Gasteiger partial charge in [-0.3, -0.25) is 9.59 Å². The highest BCUT2D eigenvalue weighted by Crippen LogP contribution is 2.26. The summed E-state index contributed by atoms with van der Waals surface area (Å²) in [6.45, 7) is 5.96. The maximum Gasteiger partial charge on any atom is 0.227 e. The Morgan fingerprint density at radius 3 is 2.50 bits per heavy atom. The maximum atomic E-state index is 13.3. The molecule has 3 fully saturated rings. The van der Waals surface area contributed by atoms with Gasteiger partial charge in [-0.05, 0) is 63.7 Å². The van der Waals surface area contributed by atoms with Crippen molar-refractivity contribution in [1.29, 1.82) is 0 Å². The molecule has 0 saturated carbocycles. The summed E-state index contributed by atoms with van der Waals surface area (Å²) >= 11 is 0. The number of nitrogens with zero attached hydrogens (tertiary/aromatic N) is 3. The molecule has 2 amide bonds. The second-order valence-corrected chi connectivity index (χ2v) is 8.93. The van der Waals surface area contributed by atoms with Crippen LogP contribution >= 0.6 is 0 Å². The number of hydrogen-bond acceptors (Lipinski definition) is 4. The van der Waals surface area contributed by atoms with Gasteiger partial charge in [0.05, 0.1) is 18.9 Å². The molecule has 0 radical (unpaired) electrons. The highest BCUT2D eigenvalue weighted by Gasteiger charge is 2.36. The van der Waals surface area contributed by atoms with Gasteiger partial charge in [-0.25, -0.2) is 0 Å². The molecule has 2 atom stereocenters. The summed E-state index contributed by atoms with van der Waals surface area (Å²) in [5.74, 6) is 1.11. The van der Waals surface area contributed by atoms with Crippen molar-refractivity contribution in [2.45, 2.75) is 51.0 Å². The number of amides is 2. The first kappa shape index (κ1) is 21.2. The van der Waals surface area contributed by atoms with Crippen LogP contribution in [0.15, 0.2) is 30.3 Å². The summed E-state index contributed by atoms with van der Waals surface area (Å²) in [4.78, 5) is 32.5. The summed E-state index contributed by atoms with van der Waals surface area (Å²) in [5, 5.41) is 0. The molecule has 6 heteroatoms. The van der Waals surface area contributed by atoms with Crippen molar-refractivity contribution in [3.05, 3.63) is 30.3 Å². The van der Waals surface area contributed by atoms with Crippen LogP contribution in [0.3, 0.4) is 0 Å². The predicted molar refractivity (Wildman–Crippen MR) is 116 cm³/mol. The molecule has 0 bridgehead atoms. The van der Waals surface area contributed by atoms with E-state index in [1.165, 1.54) is 25.9 Å². The summed E-state index contributed by atoms with van der Waals surface area (Å²) in [5.41, 5.74) is 0. The number of likely N-dealkylation sites (tertiary alicyclic amines) is 3. The van der Waals surface area contributed by atoms with E-state index in [-0.39, 0.29) is 17.7 Å². The molecule has 2 unspecified atom stereocenters. The topological polar surface area (TPSA) is 53.1 Å². The molecule has 6 nitrogen and oxygen atoms in total. The van der Waals surface area contributed by atoms with Gasteiger partial charge >= 0.3 is 0 Å². The minimum absolute atomic E-state index is 0.0445. The molecule has 1 aromatic carbocycles. The molecular formula is C24H35N3O3. The Hall–Kier alpha value is -2.08. The van der Waals surface area contributed by atoms with E-state index in [4.69, 9.17) is 4.74 Å². The first-order valence-electron chi connectivity index (χ1n) is 11.7. The van der Waals surface area contributed by atoms with Gasteiger partial charge < -0.3 is 19.4 Å². The molecule has 30 heavy (non-hydrogen) atoms. The van der Waals surface area contributed by atoms with Gasteiger partial charge in [0.1, 0.15) is 5.75 Å². The molecule has 0 aromatic heterocycles. The van der Waals surface area contributed by atoms with E-state index in [1.807, 2.05) is 35.2 Å². The lowest BCUT2D eigenvalue weighted by molar-refractivity contribution is -0.141. The third-order valence-electron chi connectivity index (χ3n) is 6.78. The average Bonchev–Trinajstić information content (AvgIpc) is 3.46.